The highest BCUT2D eigenvalue weighted by Crippen LogP contribution is 2.39. The zero-order chi connectivity index (χ0) is 14.5. The van der Waals surface area contributed by atoms with Gasteiger partial charge in [0.15, 0.2) is 0 Å². The van der Waals surface area contributed by atoms with Gasteiger partial charge in [-0.3, -0.25) is 0 Å². The molecule has 0 unspecified atom stereocenters. The van der Waals surface area contributed by atoms with E-state index in [4.69, 9.17) is 0 Å². The van der Waals surface area contributed by atoms with Gasteiger partial charge >= 0.3 is 0 Å². The second-order valence-corrected chi connectivity index (χ2v) is 5.76. The highest BCUT2D eigenvalue weighted by molar-refractivity contribution is 5.26. The normalized spacial score (nSPS) is 27.1. The standard InChI is InChI=1S/C18H22F2/c1-13(3-4-14(2)19)15-5-7-16(8-6-15)17-9-11-18(20)12-10-17/h3-4,9,11,15-16H,1-2,5-8,10,12H2/b4-3-. The van der Waals surface area contributed by atoms with Crippen molar-refractivity contribution in [3.63, 3.8) is 0 Å². The van der Waals surface area contributed by atoms with Crippen LogP contribution in [0.15, 0.2) is 60.3 Å². The Bertz CT molecular complexity index is 472. The van der Waals surface area contributed by atoms with Gasteiger partial charge in [0.25, 0.3) is 0 Å². The number of allylic oxidation sites excluding steroid dienone is 8. The first-order valence-corrected chi connectivity index (χ1v) is 7.32. The van der Waals surface area contributed by atoms with Crippen LogP contribution in [0.5, 0.6) is 0 Å². The van der Waals surface area contributed by atoms with E-state index in [0.717, 1.165) is 37.7 Å². The van der Waals surface area contributed by atoms with Crippen molar-refractivity contribution in [3.8, 4) is 0 Å². The average molecular weight is 276 g/mol. The molecule has 0 aromatic heterocycles. The van der Waals surface area contributed by atoms with E-state index in [1.807, 2.05) is 6.08 Å². The molecule has 0 spiro atoms. The molecule has 1 fully saturated rings. The summed E-state index contributed by atoms with van der Waals surface area (Å²) in [7, 11) is 0. The lowest BCUT2D eigenvalue weighted by molar-refractivity contribution is 0.330. The van der Waals surface area contributed by atoms with E-state index in [1.54, 1.807) is 12.2 Å². The highest BCUT2D eigenvalue weighted by atomic mass is 19.1. The molecule has 20 heavy (non-hydrogen) atoms. The van der Waals surface area contributed by atoms with E-state index in [-0.39, 0.29) is 5.83 Å². The van der Waals surface area contributed by atoms with Crippen molar-refractivity contribution in [2.45, 2.75) is 38.5 Å². The third-order valence-electron chi connectivity index (χ3n) is 4.38. The summed E-state index contributed by atoms with van der Waals surface area (Å²) >= 11 is 0. The van der Waals surface area contributed by atoms with Crippen LogP contribution in [-0.4, -0.2) is 0 Å². The van der Waals surface area contributed by atoms with Crippen LogP contribution in [0.3, 0.4) is 0 Å². The van der Waals surface area contributed by atoms with Gasteiger partial charge in [-0.05, 0) is 56.1 Å². The lowest BCUT2D eigenvalue weighted by Crippen LogP contribution is -2.17. The fourth-order valence-electron chi connectivity index (χ4n) is 3.14. The van der Waals surface area contributed by atoms with Gasteiger partial charge in [-0.25, -0.2) is 8.78 Å². The first kappa shape index (κ1) is 15.0. The van der Waals surface area contributed by atoms with Gasteiger partial charge < -0.3 is 0 Å². The Hall–Kier alpha value is -1.44. The van der Waals surface area contributed by atoms with Crippen molar-refractivity contribution in [1.29, 1.82) is 0 Å². The summed E-state index contributed by atoms with van der Waals surface area (Å²) < 4.78 is 25.6. The SMILES string of the molecule is C=C(F)/C=C\C(=C)C1CCC(C2=CC=C(F)CC2)CC1. The van der Waals surface area contributed by atoms with E-state index >= 15 is 0 Å². The molecule has 0 amide bonds. The lowest BCUT2D eigenvalue weighted by Gasteiger charge is -2.31. The van der Waals surface area contributed by atoms with Gasteiger partial charge in [0.05, 0.1) is 0 Å². The van der Waals surface area contributed by atoms with Crippen molar-refractivity contribution in [2.24, 2.45) is 11.8 Å². The van der Waals surface area contributed by atoms with Gasteiger partial charge in [0.2, 0.25) is 0 Å². The molecule has 108 valence electrons. The van der Waals surface area contributed by atoms with Gasteiger partial charge in [-0.15, -0.1) is 0 Å². The van der Waals surface area contributed by atoms with Gasteiger partial charge in [0, 0.05) is 6.42 Å². The molecule has 0 heterocycles. The minimum Gasteiger partial charge on any atom is -0.212 e. The molecule has 0 aromatic rings. The van der Waals surface area contributed by atoms with Gasteiger partial charge in [-0.1, -0.05) is 36.5 Å². The van der Waals surface area contributed by atoms with Crippen LogP contribution < -0.4 is 0 Å². The third kappa shape index (κ3) is 4.03. The summed E-state index contributed by atoms with van der Waals surface area (Å²) in [6.07, 6.45) is 12.5. The first-order chi connectivity index (χ1) is 9.56. The molecule has 0 nitrogen and oxygen atoms in total. The number of hydrogen-bond donors (Lipinski definition) is 0. The van der Waals surface area contributed by atoms with Crippen molar-refractivity contribution < 1.29 is 8.78 Å². The predicted octanol–water partition coefficient (Wildman–Crippen LogP) is 5.96. The largest absolute Gasteiger partial charge is 0.212 e. The molecule has 0 aliphatic heterocycles. The number of hydrogen-bond acceptors (Lipinski definition) is 0. The van der Waals surface area contributed by atoms with E-state index < -0.39 is 5.83 Å². The van der Waals surface area contributed by atoms with Crippen LogP contribution in [0.1, 0.15) is 38.5 Å². The van der Waals surface area contributed by atoms with Crippen LogP contribution >= 0.6 is 0 Å². The smallest absolute Gasteiger partial charge is 0.116 e. The summed E-state index contributed by atoms with van der Waals surface area (Å²) in [5, 5.41) is 0. The Morgan fingerprint density at radius 1 is 1.05 bits per heavy atom. The zero-order valence-corrected chi connectivity index (χ0v) is 11.9. The molecular formula is C18H22F2. The highest BCUT2D eigenvalue weighted by Gasteiger charge is 2.25. The van der Waals surface area contributed by atoms with E-state index in [1.165, 1.54) is 11.6 Å². The summed E-state index contributed by atoms with van der Waals surface area (Å²) in [4.78, 5) is 0. The zero-order valence-electron chi connectivity index (χ0n) is 11.9. The summed E-state index contributed by atoms with van der Waals surface area (Å²) in [5.74, 6) is 0.593. The maximum Gasteiger partial charge on any atom is 0.116 e. The molecular weight excluding hydrogens is 254 g/mol. The van der Waals surface area contributed by atoms with Gasteiger partial charge in [-0.2, -0.15) is 0 Å². The minimum absolute atomic E-state index is 0.00703. The van der Waals surface area contributed by atoms with Crippen LogP contribution in [0.2, 0.25) is 0 Å². The van der Waals surface area contributed by atoms with Crippen LogP contribution in [0, 0.1) is 11.8 Å². The minimum atomic E-state index is -0.430. The second-order valence-electron chi connectivity index (χ2n) is 5.76. The molecule has 0 aromatic carbocycles. The van der Waals surface area contributed by atoms with Crippen LogP contribution in [0.4, 0.5) is 8.78 Å². The molecule has 0 N–H and O–H groups in total. The topological polar surface area (TPSA) is 0 Å². The van der Waals surface area contributed by atoms with Crippen molar-refractivity contribution >= 4 is 0 Å². The van der Waals surface area contributed by atoms with E-state index in [9.17, 15) is 8.78 Å². The van der Waals surface area contributed by atoms with E-state index in [2.05, 4.69) is 13.2 Å². The van der Waals surface area contributed by atoms with Crippen molar-refractivity contribution in [2.75, 3.05) is 0 Å². The summed E-state index contributed by atoms with van der Waals surface area (Å²) in [6, 6.07) is 0. The fraction of sp³-hybridized carbons (Fsp3) is 0.444. The molecule has 2 aliphatic carbocycles. The lowest BCUT2D eigenvalue weighted by atomic mass is 9.74. The summed E-state index contributed by atoms with van der Waals surface area (Å²) in [6.45, 7) is 7.24. The number of rotatable bonds is 4. The first-order valence-electron chi connectivity index (χ1n) is 7.32. The Kier molecular flexibility index (Phi) is 5.11. The summed E-state index contributed by atoms with van der Waals surface area (Å²) in [5.41, 5.74) is 2.38. The second kappa shape index (κ2) is 6.83. The van der Waals surface area contributed by atoms with Crippen LogP contribution in [-0.2, 0) is 0 Å². The molecule has 0 atom stereocenters. The predicted molar refractivity (Wildman–Crippen MR) is 80.5 cm³/mol. The quantitative estimate of drug-likeness (QED) is 0.555. The molecule has 0 bridgehead atoms. The third-order valence-corrected chi connectivity index (χ3v) is 4.38. The molecule has 0 radical (unpaired) electrons. The maximum absolute atomic E-state index is 13.0. The maximum atomic E-state index is 13.0. The molecule has 2 rings (SSSR count). The fourth-order valence-corrected chi connectivity index (χ4v) is 3.14. The Morgan fingerprint density at radius 2 is 1.75 bits per heavy atom. The molecule has 2 aliphatic rings. The molecule has 2 heteroatoms. The Balaban J connectivity index is 1.86. The number of halogens is 2. The average Bonchev–Trinajstić information content (AvgIpc) is 2.46. The van der Waals surface area contributed by atoms with Crippen molar-refractivity contribution in [3.05, 3.63) is 60.3 Å². The molecule has 1 saturated carbocycles. The van der Waals surface area contributed by atoms with Crippen molar-refractivity contribution in [1.82, 2.24) is 0 Å². The van der Waals surface area contributed by atoms with Gasteiger partial charge in [0.1, 0.15) is 11.7 Å². The van der Waals surface area contributed by atoms with E-state index in [0.29, 0.717) is 18.3 Å². The van der Waals surface area contributed by atoms with Crippen LogP contribution in [0.25, 0.3) is 0 Å². The Labute approximate surface area is 120 Å². The Morgan fingerprint density at radius 3 is 2.30 bits per heavy atom. The molecule has 0 saturated heterocycles. The monoisotopic (exact) mass is 276 g/mol.